The van der Waals surface area contributed by atoms with E-state index in [2.05, 4.69) is 30.6 Å². The number of likely N-dealkylation sites (N-methyl/N-ethyl adjacent to an activating group) is 1. The molecule has 2 amide bonds. The monoisotopic (exact) mass is 283 g/mol. The molecule has 0 unspecified atom stereocenters. The Hall–Kier alpha value is -0.810. The Morgan fingerprint density at radius 1 is 1.20 bits per heavy atom. The van der Waals surface area contributed by atoms with E-state index in [1.807, 2.05) is 4.90 Å². The maximum Gasteiger partial charge on any atom is 0.320 e. The standard InChI is InChI=1S/C15H29N3O2/c1-4-17-9-10-18(15(17)19)14-5-7-16(8-6-14)11-12-20-13(2)3/h13-14H,4-12H2,1-3H3. The predicted octanol–water partition coefficient (Wildman–Crippen LogP) is 1.63. The van der Waals surface area contributed by atoms with Gasteiger partial charge in [-0.2, -0.15) is 0 Å². The van der Waals surface area contributed by atoms with E-state index < -0.39 is 0 Å². The molecule has 0 aromatic rings. The largest absolute Gasteiger partial charge is 0.377 e. The zero-order valence-electron chi connectivity index (χ0n) is 13.2. The molecule has 2 saturated heterocycles. The van der Waals surface area contributed by atoms with Crippen molar-refractivity contribution < 1.29 is 9.53 Å². The second-order valence-corrected chi connectivity index (χ2v) is 6.05. The van der Waals surface area contributed by atoms with Crippen LogP contribution in [0.1, 0.15) is 33.6 Å². The molecular formula is C15H29N3O2. The van der Waals surface area contributed by atoms with Crippen LogP contribution in [-0.4, -0.2) is 78.8 Å². The van der Waals surface area contributed by atoms with Gasteiger partial charge < -0.3 is 19.4 Å². The number of hydrogen-bond donors (Lipinski definition) is 0. The summed E-state index contributed by atoms with van der Waals surface area (Å²) in [6.45, 7) is 12.8. The molecule has 0 radical (unpaired) electrons. The quantitative estimate of drug-likeness (QED) is 0.743. The van der Waals surface area contributed by atoms with E-state index in [0.717, 1.165) is 58.7 Å². The number of nitrogens with zero attached hydrogens (tertiary/aromatic N) is 3. The molecule has 116 valence electrons. The van der Waals surface area contributed by atoms with E-state index >= 15 is 0 Å². The molecule has 0 N–H and O–H groups in total. The van der Waals surface area contributed by atoms with Crippen molar-refractivity contribution in [3.63, 3.8) is 0 Å². The summed E-state index contributed by atoms with van der Waals surface area (Å²) in [4.78, 5) is 18.7. The summed E-state index contributed by atoms with van der Waals surface area (Å²) in [6.07, 6.45) is 2.52. The molecule has 0 aliphatic carbocycles. The predicted molar refractivity (Wildman–Crippen MR) is 79.9 cm³/mol. The van der Waals surface area contributed by atoms with Crippen LogP contribution in [0.2, 0.25) is 0 Å². The van der Waals surface area contributed by atoms with Gasteiger partial charge in [-0.25, -0.2) is 4.79 Å². The highest BCUT2D eigenvalue weighted by atomic mass is 16.5. The van der Waals surface area contributed by atoms with Crippen molar-refractivity contribution in [1.29, 1.82) is 0 Å². The lowest BCUT2D eigenvalue weighted by molar-refractivity contribution is 0.0478. The molecule has 0 spiro atoms. The highest BCUT2D eigenvalue weighted by Crippen LogP contribution is 2.21. The van der Waals surface area contributed by atoms with E-state index in [1.54, 1.807) is 0 Å². The van der Waals surface area contributed by atoms with E-state index in [1.165, 1.54) is 0 Å². The summed E-state index contributed by atoms with van der Waals surface area (Å²) in [6, 6.07) is 0.690. The smallest absolute Gasteiger partial charge is 0.320 e. The van der Waals surface area contributed by atoms with Gasteiger partial charge in [0.1, 0.15) is 0 Å². The van der Waals surface area contributed by atoms with Gasteiger partial charge in [0.05, 0.1) is 12.7 Å². The molecule has 2 fully saturated rings. The first kappa shape index (κ1) is 15.6. The Morgan fingerprint density at radius 2 is 1.90 bits per heavy atom. The van der Waals surface area contributed by atoms with E-state index in [0.29, 0.717) is 12.1 Å². The van der Waals surface area contributed by atoms with Crippen LogP contribution in [0.15, 0.2) is 0 Å². The number of amides is 2. The number of rotatable bonds is 6. The fraction of sp³-hybridized carbons (Fsp3) is 0.933. The molecule has 2 rings (SSSR count). The van der Waals surface area contributed by atoms with Crippen LogP contribution in [0.25, 0.3) is 0 Å². The summed E-state index contributed by atoms with van der Waals surface area (Å²) in [5, 5.41) is 0. The van der Waals surface area contributed by atoms with Gasteiger partial charge in [0.2, 0.25) is 0 Å². The van der Waals surface area contributed by atoms with Crippen molar-refractivity contribution in [3.8, 4) is 0 Å². The van der Waals surface area contributed by atoms with Crippen molar-refractivity contribution >= 4 is 6.03 Å². The van der Waals surface area contributed by atoms with Crippen LogP contribution in [0.3, 0.4) is 0 Å². The van der Waals surface area contributed by atoms with Crippen LogP contribution < -0.4 is 0 Å². The molecule has 0 atom stereocenters. The second kappa shape index (κ2) is 7.27. The minimum absolute atomic E-state index is 0.245. The van der Waals surface area contributed by atoms with Crippen molar-refractivity contribution in [2.45, 2.75) is 45.8 Å². The van der Waals surface area contributed by atoms with Crippen LogP contribution >= 0.6 is 0 Å². The highest BCUT2D eigenvalue weighted by molar-refractivity contribution is 5.76. The van der Waals surface area contributed by atoms with Gasteiger partial charge in [0.15, 0.2) is 0 Å². The van der Waals surface area contributed by atoms with Gasteiger partial charge in [-0.3, -0.25) is 0 Å². The van der Waals surface area contributed by atoms with Gasteiger partial charge in [0, 0.05) is 45.3 Å². The molecular weight excluding hydrogens is 254 g/mol. The fourth-order valence-electron chi connectivity index (χ4n) is 3.11. The summed E-state index contributed by atoms with van der Waals surface area (Å²) >= 11 is 0. The van der Waals surface area contributed by atoms with Crippen LogP contribution in [0, 0.1) is 0 Å². The zero-order valence-corrected chi connectivity index (χ0v) is 13.2. The fourth-order valence-corrected chi connectivity index (χ4v) is 3.11. The molecule has 2 heterocycles. The van der Waals surface area contributed by atoms with Crippen molar-refractivity contribution in [2.75, 3.05) is 45.9 Å². The number of ether oxygens (including phenoxy) is 1. The van der Waals surface area contributed by atoms with Crippen molar-refractivity contribution in [3.05, 3.63) is 0 Å². The van der Waals surface area contributed by atoms with Crippen molar-refractivity contribution in [2.24, 2.45) is 0 Å². The maximum atomic E-state index is 12.2. The molecule has 0 bridgehead atoms. The van der Waals surface area contributed by atoms with Crippen LogP contribution in [0.4, 0.5) is 4.79 Å². The van der Waals surface area contributed by atoms with Crippen LogP contribution in [-0.2, 0) is 4.74 Å². The average molecular weight is 283 g/mol. The SMILES string of the molecule is CCN1CCN(C2CCN(CCOC(C)C)CC2)C1=O. The minimum Gasteiger partial charge on any atom is -0.377 e. The molecule has 0 aromatic heterocycles. The second-order valence-electron chi connectivity index (χ2n) is 6.05. The van der Waals surface area contributed by atoms with Crippen molar-refractivity contribution in [1.82, 2.24) is 14.7 Å². The third kappa shape index (κ3) is 3.85. The Kier molecular flexibility index (Phi) is 5.66. The topological polar surface area (TPSA) is 36.0 Å². The minimum atomic E-state index is 0.245. The first-order chi connectivity index (χ1) is 9.61. The van der Waals surface area contributed by atoms with Gasteiger partial charge in [0.25, 0.3) is 0 Å². The number of urea groups is 1. The summed E-state index contributed by atoms with van der Waals surface area (Å²) < 4.78 is 5.60. The number of carbonyl (C=O) groups excluding carboxylic acids is 1. The zero-order chi connectivity index (χ0) is 14.5. The Labute approximate surface area is 122 Å². The first-order valence-electron chi connectivity index (χ1n) is 8.01. The molecule has 5 heteroatoms. The molecule has 2 aliphatic heterocycles. The molecule has 0 saturated carbocycles. The Balaban J connectivity index is 1.70. The Bertz CT molecular complexity index is 314. The summed E-state index contributed by atoms with van der Waals surface area (Å²) in [7, 11) is 0. The van der Waals surface area contributed by atoms with Gasteiger partial charge in [-0.05, 0) is 33.6 Å². The number of carbonyl (C=O) groups is 1. The molecule has 2 aliphatic rings. The van der Waals surface area contributed by atoms with E-state index in [4.69, 9.17) is 4.74 Å². The summed E-state index contributed by atoms with van der Waals surface area (Å²) in [5.41, 5.74) is 0. The lowest BCUT2D eigenvalue weighted by atomic mass is 10.0. The highest BCUT2D eigenvalue weighted by Gasteiger charge is 2.34. The normalized spacial score (nSPS) is 22.3. The third-order valence-electron chi connectivity index (χ3n) is 4.37. The average Bonchev–Trinajstić information content (AvgIpc) is 2.80. The summed E-state index contributed by atoms with van der Waals surface area (Å²) in [5.74, 6) is 0. The lowest BCUT2D eigenvalue weighted by Gasteiger charge is -2.36. The lowest BCUT2D eigenvalue weighted by Crippen LogP contribution is -2.47. The van der Waals surface area contributed by atoms with E-state index in [9.17, 15) is 4.79 Å². The van der Waals surface area contributed by atoms with Crippen LogP contribution in [0.5, 0.6) is 0 Å². The van der Waals surface area contributed by atoms with Gasteiger partial charge >= 0.3 is 6.03 Å². The maximum absolute atomic E-state index is 12.2. The van der Waals surface area contributed by atoms with E-state index in [-0.39, 0.29) is 6.03 Å². The first-order valence-corrected chi connectivity index (χ1v) is 8.01. The molecule has 5 nitrogen and oxygen atoms in total. The van der Waals surface area contributed by atoms with Gasteiger partial charge in [-0.1, -0.05) is 0 Å². The molecule has 0 aromatic carbocycles. The number of likely N-dealkylation sites (tertiary alicyclic amines) is 1. The number of piperidine rings is 1. The Morgan fingerprint density at radius 3 is 2.45 bits per heavy atom. The van der Waals surface area contributed by atoms with Gasteiger partial charge in [-0.15, -0.1) is 0 Å². The number of hydrogen-bond acceptors (Lipinski definition) is 3. The third-order valence-corrected chi connectivity index (χ3v) is 4.37. The molecule has 20 heavy (non-hydrogen) atoms.